The molecule has 0 amide bonds. The Bertz CT molecular complexity index is 218. The van der Waals surface area contributed by atoms with E-state index in [0.717, 1.165) is 32.1 Å². The van der Waals surface area contributed by atoms with E-state index in [4.69, 9.17) is 4.74 Å². The third kappa shape index (κ3) is 8.13. The van der Waals surface area contributed by atoms with Crippen molar-refractivity contribution in [3.05, 3.63) is 0 Å². The molecule has 0 radical (unpaired) electrons. The summed E-state index contributed by atoms with van der Waals surface area (Å²) in [6, 6.07) is 0.615. The van der Waals surface area contributed by atoms with Crippen LogP contribution in [0.25, 0.3) is 0 Å². The van der Waals surface area contributed by atoms with Gasteiger partial charge in [-0.15, -0.1) is 24.0 Å². The fourth-order valence-electron chi connectivity index (χ4n) is 2.16. The van der Waals surface area contributed by atoms with Crippen molar-refractivity contribution in [2.45, 2.75) is 51.5 Å². The second kappa shape index (κ2) is 12.0. The zero-order valence-corrected chi connectivity index (χ0v) is 14.0. The van der Waals surface area contributed by atoms with Crippen LogP contribution in [0.4, 0.5) is 0 Å². The van der Waals surface area contributed by atoms with Crippen molar-refractivity contribution in [2.24, 2.45) is 4.99 Å². The summed E-state index contributed by atoms with van der Waals surface area (Å²) >= 11 is 0. The number of halogens is 1. The van der Waals surface area contributed by atoms with Gasteiger partial charge in [0.1, 0.15) is 0 Å². The highest BCUT2D eigenvalue weighted by atomic mass is 127. The lowest BCUT2D eigenvalue weighted by molar-refractivity contribution is 0.197. The Morgan fingerprint density at radius 1 is 1.28 bits per heavy atom. The molecule has 0 atom stereocenters. The fraction of sp³-hybridized carbons (Fsp3) is 0.923. The van der Waals surface area contributed by atoms with Crippen LogP contribution in [-0.4, -0.2) is 38.8 Å². The molecule has 0 aliphatic heterocycles. The van der Waals surface area contributed by atoms with Crippen molar-refractivity contribution >= 4 is 29.9 Å². The maximum absolute atomic E-state index is 5.02. The molecule has 2 N–H and O–H groups in total. The van der Waals surface area contributed by atoms with Crippen molar-refractivity contribution < 1.29 is 4.74 Å². The van der Waals surface area contributed by atoms with E-state index in [-0.39, 0.29) is 24.0 Å². The van der Waals surface area contributed by atoms with E-state index in [1.165, 1.54) is 32.1 Å². The van der Waals surface area contributed by atoms with Gasteiger partial charge in [0.05, 0.1) is 0 Å². The van der Waals surface area contributed by atoms with E-state index in [1.807, 2.05) is 0 Å². The standard InChI is InChI=1S/C13H27N3O.HI/c1-3-14-13(15-10-7-11-17-2)16-12-8-5-4-6-9-12;/h12H,3-11H2,1-2H3,(H2,14,15,16);1H. The number of nitrogens with zero attached hydrogens (tertiary/aromatic N) is 1. The average Bonchev–Trinajstić information content (AvgIpc) is 2.36. The SMILES string of the molecule is CCNC(=NCCCOC)NC1CCCCC1.I. The number of hydrogen-bond acceptors (Lipinski definition) is 2. The van der Waals surface area contributed by atoms with E-state index in [9.17, 15) is 0 Å². The fourth-order valence-corrected chi connectivity index (χ4v) is 2.16. The summed E-state index contributed by atoms with van der Waals surface area (Å²) in [5.41, 5.74) is 0. The first-order valence-corrected chi connectivity index (χ1v) is 6.90. The van der Waals surface area contributed by atoms with Gasteiger partial charge >= 0.3 is 0 Å². The Labute approximate surface area is 128 Å². The first-order valence-electron chi connectivity index (χ1n) is 6.90. The predicted molar refractivity (Wildman–Crippen MR) is 87.9 cm³/mol. The molecule has 4 nitrogen and oxygen atoms in total. The van der Waals surface area contributed by atoms with Crippen LogP contribution in [0.1, 0.15) is 45.4 Å². The van der Waals surface area contributed by atoms with E-state index in [1.54, 1.807) is 7.11 Å². The van der Waals surface area contributed by atoms with Gasteiger partial charge in [0.2, 0.25) is 0 Å². The Morgan fingerprint density at radius 3 is 2.61 bits per heavy atom. The third-order valence-corrected chi connectivity index (χ3v) is 3.07. The van der Waals surface area contributed by atoms with E-state index >= 15 is 0 Å². The number of ether oxygens (including phenoxy) is 1. The molecular formula is C13H28IN3O. The molecule has 1 saturated carbocycles. The van der Waals surface area contributed by atoms with Gasteiger partial charge in [0, 0.05) is 32.8 Å². The molecule has 0 spiro atoms. The molecule has 0 heterocycles. The topological polar surface area (TPSA) is 45.7 Å². The summed E-state index contributed by atoms with van der Waals surface area (Å²) in [6.45, 7) is 4.64. The molecule has 1 rings (SSSR count). The second-order valence-corrected chi connectivity index (χ2v) is 4.59. The van der Waals surface area contributed by atoms with Crippen molar-refractivity contribution in [1.82, 2.24) is 10.6 Å². The van der Waals surface area contributed by atoms with Gasteiger partial charge in [-0.1, -0.05) is 19.3 Å². The van der Waals surface area contributed by atoms with Crippen molar-refractivity contribution in [3.63, 3.8) is 0 Å². The third-order valence-electron chi connectivity index (χ3n) is 3.07. The summed E-state index contributed by atoms with van der Waals surface area (Å²) in [5.74, 6) is 0.968. The molecule has 1 aliphatic carbocycles. The van der Waals surface area contributed by atoms with Crippen LogP contribution in [0.2, 0.25) is 0 Å². The molecule has 18 heavy (non-hydrogen) atoms. The van der Waals surface area contributed by atoms with Crippen LogP contribution in [0, 0.1) is 0 Å². The summed E-state index contributed by atoms with van der Waals surface area (Å²) < 4.78 is 5.02. The molecule has 1 aliphatic rings. The second-order valence-electron chi connectivity index (χ2n) is 4.59. The first kappa shape index (κ1) is 18.0. The highest BCUT2D eigenvalue weighted by molar-refractivity contribution is 14.0. The van der Waals surface area contributed by atoms with Gasteiger partial charge < -0.3 is 15.4 Å². The maximum Gasteiger partial charge on any atom is 0.191 e. The quantitative estimate of drug-likeness (QED) is 0.327. The molecule has 0 aromatic rings. The van der Waals surface area contributed by atoms with E-state index in [2.05, 4.69) is 22.5 Å². The lowest BCUT2D eigenvalue weighted by Gasteiger charge is -2.24. The number of nitrogens with one attached hydrogen (secondary N) is 2. The van der Waals surface area contributed by atoms with E-state index < -0.39 is 0 Å². The zero-order valence-electron chi connectivity index (χ0n) is 11.7. The Kier molecular flexibility index (Phi) is 12.0. The smallest absolute Gasteiger partial charge is 0.191 e. The van der Waals surface area contributed by atoms with Gasteiger partial charge in [-0.2, -0.15) is 0 Å². The summed E-state index contributed by atoms with van der Waals surface area (Å²) in [7, 11) is 1.73. The van der Waals surface area contributed by atoms with Gasteiger partial charge in [-0.3, -0.25) is 4.99 Å². The van der Waals surface area contributed by atoms with Crippen LogP contribution in [0.5, 0.6) is 0 Å². The number of methoxy groups -OCH3 is 1. The highest BCUT2D eigenvalue weighted by Crippen LogP contribution is 2.17. The largest absolute Gasteiger partial charge is 0.385 e. The molecule has 0 aromatic carbocycles. The number of hydrogen-bond donors (Lipinski definition) is 2. The van der Waals surface area contributed by atoms with Gasteiger partial charge in [0.25, 0.3) is 0 Å². The van der Waals surface area contributed by atoms with Gasteiger partial charge in [-0.25, -0.2) is 0 Å². The van der Waals surface area contributed by atoms with Crippen molar-refractivity contribution in [2.75, 3.05) is 26.8 Å². The average molecular weight is 369 g/mol. The minimum absolute atomic E-state index is 0. The Morgan fingerprint density at radius 2 is 2.00 bits per heavy atom. The van der Waals surface area contributed by atoms with Crippen molar-refractivity contribution in [1.29, 1.82) is 0 Å². The number of aliphatic imine (C=N–C) groups is 1. The molecular weight excluding hydrogens is 341 g/mol. The minimum atomic E-state index is 0. The van der Waals surface area contributed by atoms with Gasteiger partial charge in [0.15, 0.2) is 5.96 Å². The molecule has 1 fully saturated rings. The van der Waals surface area contributed by atoms with Crippen LogP contribution >= 0.6 is 24.0 Å². The minimum Gasteiger partial charge on any atom is -0.385 e. The van der Waals surface area contributed by atoms with E-state index in [0.29, 0.717) is 6.04 Å². The summed E-state index contributed by atoms with van der Waals surface area (Å²) in [5, 5.41) is 6.84. The molecule has 0 aromatic heterocycles. The van der Waals surface area contributed by atoms with Crippen molar-refractivity contribution in [3.8, 4) is 0 Å². The molecule has 0 saturated heterocycles. The number of guanidine groups is 1. The molecule has 108 valence electrons. The van der Waals surface area contributed by atoms with Crippen LogP contribution in [-0.2, 0) is 4.74 Å². The summed E-state index contributed by atoms with van der Waals surface area (Å²) in [6.07, 6.45) is 7.63. The molecule has 0 bridgehead atoms. The Hall–Kier alpha value is -0.0400. The summed E-state index contributed by atoms with van der Waals surface area (Å²) in [4.78, 5) is 4.56. The zero-order chi connectivity index (χ0) is 12.3. The Balaban J connectivity index is 0.00000289. The van der Waals surface area contributed by atoms with Crippen LogP contribution in [0.15, 0.2) is 4.99 Å². The highest BCUT2D eigenvalue weighted by Gasteiger charge is 2.13. The van der Waals surface area contributed by atoms with Gasteiger partial charge in [-0.05, 0) is 26.2 Å². The predicted octanol–water partition coefficient (Wildman–Crippen LogP) is 2.53. The lowest BCUT2D eigenvalue weighted by atomic mass is 9.96. The normalized spacial score (nSPS) is 17.1. The monoisotopic (exact) mass is 369 g/mol. The lowest BCUT2D eigenvalue weighted by Crippen LogP contribution is -2.44. The van der Waals surface area contributed by atoms with Crippen LogP contribution < -0.4 is 10.6 Å². The first-order chi connectivity index (χ1) is 8.36. The molecule has 5 heteroatoms. The maximum atomic E-state index is 5.02. The van der Waals surface area contributed by atoms with Crippen LogP contribution in [0.3, 0.4) is 0 Å². The number of rotatable bonds is 6. The molecule has 0 unspecified atom stereocenters.